The fourth-order valence-electron chi connectivity index (χ4n) is 2.74. The summed E-state index contributed by atoms with van der Waals surface area (Å²) in [6, 6.07) is 12.0. The molecule has 2 atom stereocenters. The predicted octanol–water partition coefficient (Wildman–Crippen LogP) is 2.51. The molecular weight excluding hydrogens is 367 g/mol. The number of hydrogen-bond acceptors (Lipinski definition) is 5. The fourth-order valence-corrected chi connectivity index (χ4v) is 2.74. The number of fused-ring (bicyclic) bond motifs is 1. The van der Waals surface area contributed by atoms with Gasteiger partial charge in [0.1, 0.15) is 18.1 Å². The van der Waals surface area contributed by atoms with Gasteiger partial charge in [-0.05, 0) is 50.2 Å². The minimum atomic E-state index is -1.12. The fraction of sp³-hybridized carbons (Fsp3) is 0.250. The lowest BCUT2D eigenvalue weighted by molar-refractivity contribution is -0.160. The molecule has 8 heteroatoms. The van der Waals surface area contributed by atoms with Crippen molar-refractivity contribution in [2.75, 3.05) is 16.8 Å². The molecule has 146 valence electrons. The van der Waals surface area contributed by atoms with E-state index in [1.165, 1.54) is 43.0 Å². The Kier molecular flexibility index (Phi) is 5.58. The standard InChI is InChI=1S/C20H19FN2O5/c1-12(28-20(26)13(2)27-15-9-7-14(21)8-10-15)19(25)23-11-18(24)22-16-5-3-4-6-17(16)23/h3-10,12-13H,11H2,1-2H3,(H,22,24)/t12-,13-/m1/s1. The van der Waals surface area contributed by atoms with Crippen molar-refractivity contribution in [3.63, 3.8) is 0 Å². The molecule has 0 saturated carbocycles. The third-order valence-electron chi connectivity index (χ3n) is 4.14. The molecule has 0 radical (unpaired) electrons. The molecule has 0 saturated heterocycles. The minimum absolute atomic E-state index is 0.167. The van der Waals surface area contributed by atoms with Gasteiger partial charge in [-0.1, -0.05) is 12.1 Å². The van der Waals surface area contributed by atoms with Crippen molar-refractivity contribution in [3.8, 4) is 5.75 Å². The van der Waals surface area contributed by atoms with Crippen LogP contribution in [-0.2, 0) is 19.1 Å². The highest BCUT2D eigenvalue weighted by molar-refractivity contribution is 6.11. The zero-order chi connectivity index (χ0) is 20.3. The largest absolute Gasteiger partial charge is 0.479 e. The number of benzene rings is 2. The van der Waals surface area contributed by atoms with Gasteiger partial charge in [0, 0.05) is 0 Å². The molecule has 2 aromatic rings. The number of rotatable bonds is 5. The topological polar surface area (TPSA) is 84.9 Å². The maximum atomic E-state index is 12.9. The average Bonchev–Trinajstić information content (AvgIpc) is 2.68. The first-order valence-electron chi connectivity index (χ1n) is 8.68. The number of nitrogens with one attached hydrogen (secondary N) is 1. The second-order valence-electron chi connectivity index (χ2n) is 6.28. The van der Waals surface area contributed by atoms with Crippen LogP contribution in [0.4, 0.5) is 15.8 Å². The molecule has 1 aliphatic rings. The lowest BCUT2D eigenvalue weighted by atomic mass is 10.1. The zero-order valence-electron chi connectivity index (χ0n) is 15.3. The van der Waals surface area contributed by atoms with Crippen LogP contribution >= 0.6 is 0 Å². The summed E-state index contributed by atoms with van der Waals surface area (Å²) < 4.78 is 23.5. The Morgan fingerprint density at radius 1 is 1.07 bits per heavy atom. The third kappa shape index (κ3) is 4.28. The first-order chi connectivity index (χ1) is 13.3. The van der Waals surface area contributed by atoms with Crippen LogP contribution in [0.25, 0.3) is 0 Å². The monoisotopic (exact) mass is 386 g/mol. The first-order valence-corrected chi connectivity index (χ1v) is 8.68. The highest BCUT2D eigenvalue weighted by atomic mass is 19.1. The molecule has 0 bridgehead atoms. The number of para-hydroxylation sites is 2. The van der Waals surface area contributed by atoms with Crippen LogP contribution < -0.4 is 15.0 Å². The molecule has 28 heavy (non-hydrogen) atoms. The molecule has 2 amide bonds. The Balaban J connectivity index is 1.64. The Labute approximate surface area is 161 Å². The van der Waals surface area contributed by atoms with E-state index in [4.69, 9.17) is 9.47 Å². The molecule has 0 fully saturated rings. The van der Waals surface area contributed by atoms with Gasteiger partial charge in [0.25, 0.3) is 5.91 Å². The van der Waals surface area contributed by atoms with Crippen molar-refractivity contribution in [3.05, 3.63) is 54.3 Å². The minimum Gasteiger partial charge on any atom is -0.479 e. The van der Waals surface area contributed by atoms with Crippen LogP contribution in [0.5, 0.6) is 5.75 Å². The van der Waals surface area contributed by atoms with Gasteiger partial charge in [0.05, 0.1) is 11.4 Å². The molecule has 2 aromatic carbocycles. The predicted molar refractivity (Wildman–Crippen MR) is 99.5 cm³/mol. The summed E-state index contributed by atoms with van der Waals surface area (Å²) in [6.45, 7) is 2.73. The maximum Gasteiger partial charge on any atom is 0.347 e. The zero-order valence-corrected chi connectivity index (χ0v) is 15.3. The van der Waals surface area contributed by atoms with E-state index >= 15 is 0 Å². The van der Waals surface area contributed by atoms with Crippen molar-refractivity contribution in [2.45, 2.75) is 26.1 Å². The Hall–Kier alpha value is -3.42. The van der Waals surface area contributed by atoms with E-state index in [0.717, 1.165) is 0 Å². The second kappa shape index (κ2) is 8.08. The molecule has 1 N–H and O–H groups in total. The number of ether oxygens (including phenoxy) is 2. The van der Waals surface area contributed by atoms with E-state index in [2.05, 4.69) is 5.32 Å². The molecule has 0 spiro atoms. The average molecular weight is 386 g/mol. The molecule has 0 aliphatic carbocycles. The highest BCUT2D eigenvalue weighted by Gasteiger charge is 2.32. The summed E-state index contributed by atoms with van der Waals surface area (Å²) in [5, 5.41) is 2.69. The van der Waals surface area contributed by atoms with E-state index in [-0.39, 0.29) is 12.5 Å². The Morgan fingerprint density at radius 2 is 1.75 bits per heavy atom. The normalized spacial score (nSPS) is 15.1. The molecule has 3 rings (SSSR count). The number of halogens is 1. The smallest absolute Gasteiger partial charge is 0.347 e. The summed E-state index contributed by atoms with van der Waals surface area (Å²) >= 11 is 0. The number of carbonyl (C=O) groups excluding carboxylic acids is 3. The second-order valence-corrected chi connectivity index (χ2v) is 6.28. The summed E-state index contributed by atoms with van der Waals surface area (Å²) in [4.78, 5) is 38.1. The number of amides is 2. The quantitative estimate of drug-likeness (QED) is 0.798. The van der Waals surface area contributed by atoms with Crippen LogP contribution in [0.2, 0.25) is 0 Å². The number of esters is 1. The van der Waals surface area contributed by atoms with E-state index in [1.54, 1.807) is 24.3 Å². The van der Waals surface area contributed by atoms with Crippen LogP contribution in [0.1, 0.15) is 13.8 Å². The van der Waals surface area contributed by atoms with Crippen molar-refractivity contribution >= 4 is 29.2 Å². The van der Waals surface area contributed by atoms with Crippen molar-refractivity contribution in [2.24, 2.45) is 0 Å². The van der Waals surface area contributed by atoms with E-state index in [9.17, 15) is 18.8 Å². The maximum absolute atomic E-state index is 12.9. The van der Waals surface area contributed by atoms with Crippen LogP contribution in [0.3, 0.4) is 0 Å². The van der Waals surface area contributed by atoms with E-state index < -0.39 is 29.9 Å². The SMILES string of the molecule is C[C@@H](Oc1ccc(F)cc1)C(=O)O[C@H](C)C(=O)N1CC(=O)Nc2ccccc21. The molecule has 1 heterocycles. The van der Waals surface area contributed by atoms with Gasteiger partial charge in [-0.2, -0.15) is 0 Å². The molecule has 0 aromatic heterocycles. The number of nitrogens with zero attached hydrogens (tertiary/aromatic N) is 1. The van der Waals surface area contributed by atoms with Crippen LogP contribution in [-0.4, -0.2) is 36.5 Å². The van der Waals surface area contributed by atoms with Crippen molar-refractivity contribution < 1.29 is 28.2 Å². The molecule has 1 aliphatic heterocycles. The first kappa shape index (κ1) is 19.3. The summed E-state index contributed by atoms with van der Waals surface area (Å²) in [6.07, 6.45) is -2.12. The van der Waals surface area contributed by atoms with Crippen molar-refractivity contribution in [1.82, 2.24) is 0 Å². The van der Waals surface area contributed by atoms with Gasteiger partial charge >= 0.3 is 5.97 Å². The lowest BCUT2D eigenvalue weighted by Gasteiger charge is -2.31. The summed E-state index contributed by atoms with van der Waals surface area (Å²) in [7, 11) is 0. The number of hydrogen-bond donors (Lipinski definition) is 1. The molecule has 7 nitrogen and oxygen atoms in total. The lowest BCUT2D eigenvalue weighted by Crippen LogP contribution is -2.47. The van der Waals surface area contributed by atoms with E-state index in [0.29, 0.717) is 17.1 Å². The van der Waals surface area contributed by atoms with Gasteiger partial charge < -0.3 is 14.8 Å². The molecular formula is C20H19FN2O5. The van der Waals surface area contributed by atoms with Gasteiger partial charge in [-0.3, -0.25) is 14.5 Å². The van der Waals surface area contributed by atoms with Gasteiger partial charge in [0.15, 0.2) is 12.2 Å². The number of anilines is 2. The highest BCUT2D eigenvalue weighted by Crippen LogP contribution is 2.29. The summed E-state index contributed by atoms with van der Waals surface area (Å²) in [5.74, 6) is -1.73. The van der Waals surface area contributed by atoms with E-state index in [1.807, 2.05) is 0 Å². The number of carbonyl (C=O) groups is 3. The molecule has 0 unspecified atom stereocenters. The van der Waals surface area contributed by atoms with Crippen molar-refractivity contribution in [1.29, 1.82) is 0 Å². The Bertz CT molecular complexity index is 900. The van der Waals surface area contributed by atoms with Crippen LogP contribution in [0, 0.1) is 5.82 Å². The Morgan fingerprint density at radius 3 is 2.46 bits per heavy atom. The van der Waals surface area contributed by atoms with Gasteiger partial charge in [-0.15, -0.1) is 0 Å². The summed E-state index contributed by atoms with van der Waals surface area (Å²) in [5.41, 5.74) is 1.05. The third-order valence-corrected chi connectivity index (χ3v) is 4.14. The van der Waals surface area contributed by atoms with Gasteiger partial charge in [-0.25, -0.2) is 9.18 Å². The van der Waals surface area contributed by atoms with Gasteiger partial charge in [0.2, 0.25) is 5.91 Å². The van der Waals surface area contributed by atoms with Crippen LogP contribution in [0.15, 0.2) is 48.5 Å².